The van der Waals surface area contributed by atoms with E-state index < -0.39 is 11.6 Å². The van der Waals surface area contributed by atoms with Crippen molar-refractivity contribution in [3.05, 3.63) is 42.0 Å². The lowest BCUT2D eigenvalue weighted by atomic mass is 10.2. The lowest BCUT2D eigenvalue weighted by Crippen LogP contribution is -2.06. The summed E-state index contributed by atoms with van der Waals surface area (Å²) >= 11 is 0. The van der Waals surface area contributed by atoms with Crippen molar-refractivity contribution < 1.29 is 8.78 Å². The number of halogens is 2. The van der Waals surface area contributed by atoms with E-state index in [1.807, 2.05) is 0 Å². The van der Waals surface area contributed by atoms with Crippen molar-refractivity contribution in [2.24, 2.45) is 0 Å². The number of allylic oxidation sites excluding steroid dienone is 1. The Hall–Kier alpha value is -1.38. The minimum Gasteiger partial charge on any atom is -0.380 e. The molecule has 1 nitrogen and oxygen atoms in total. The van der Waals surface area contributed by atoms with E-state index in [0.717, 1.165) is 12.8 Å². The lowest BCUT2D eigenvalue weighted by molar-refractivity contribution is 0.581. The number of hydrogen-bond donors (Lipinski definition) is 1. The van der Waals surface area contributed by atoms with Crippen LogP contribution in [0.4, 0.5) is 14.5 Å². The lowest BCUT2D eigenvalue weighted by Gasteiger charge is -2.09. The molecule has 1 rings (SSSR count). The standard InChI is InChI=1S/C12H15F2N/c1-3-4-5-8-15-12-10(13)7-6-9(2)11(12)14/h3,6-7,15H,1,4-5,8H2,2H3. The van der Waals surface area contributed by atoms with Gasteiger partial charge in [0.15, 0.2) is 5.82 Å². The number of anilines is 1. The smallest absolute Gasteiger partial charge is 0.152 e. The predicted molar refractivity (Wildman–Crippen MR) is 59.0 cm³/mol. The molecule has 0 spiro atoms. The minimum absolute atomic E-state index is 0.0286. The maximum absolute atomic E-state index is 13.4. The average Bonchev–Trinajstić information content (AvgIpc) is 2.23. The van der Waals surface area contributed by atoms with Crippen LogP contribution >= 0.6 is 0 Å². The number of aryl methyl sites for hydroxylation is 1. The first kappa shape index (κ1) is 11.7. The van der Waals surface area contributed by atoms with Gasteiger partial charge in [-0.2, -0.15) is 0 Å². The molecule has 82 valence electrons. The molecule has 0 unspecified atom stereocenters. The number of benzene rings is 1. The van der Waals surface area contributed by atoms with E-state index in [0.29, 0.717) is 12.1 Å². The third-order valence-corrected chi connectivity index (χ3v) is 2.17. The van der Waals surface area contributed by atoms with Gasteiger partial charge in [-0.3, -0.25) is 0 Å². The van der Waals surface area contributed by atoms with Crippen LogP contribution in [0.5, 0.6) is 0 Å². The van der Waals surface area contributed by atoms with Crippen LogP contribution in [0.25, 0.3) is 0 Å². The summed E-state index contributed by atoms with van der Waals surface area (Å²) in [6.07, 6.45) is 3.43. The Morgan fingerprint density at radius 3 is 2.80 bits per heavy atom. The van der Waals surface area contributed by atoms with Crippen molar-refractivity contribution in [1.29, 1.82) is 0 Å². The van der Waals surface area contributed by atoms with Gasteiger partial charge in [0.1, 0.15) is 11.5 Å². The van der Waals surface area contributed by atoms with Gasteiger partial charge in [-0.05, 0) is 31.4 Å². The summed E-state index contributed by atoms with van der Waals surface area (Å²) in [6, 6.07) is 2.70. The summed E-state index contributed by atoms with van der Waals surface area (Å²) in [6.45, 7) is 5.74. The summed E-state index contributed by atoms with van der Waals surface area (Å²) in [4.78, 5) is 0. The van der Waals surface area contributed by atoms with Crippen molar-refractivity contribution >= 4 is 5.69 Å². The van der Waals surface area contributed by atoms with Gasteiger partial charge in [0.25, 0.3) is 0 Å². The fourth-order valence-electron chi connectivity index (χ4n) is 1.28. The van der Waals surface area contributed by atoms with Crippen molar-refractivity contribution in [3.63, 3.8) is 0 Å². The Bertz CT molecular complexity index is 348. The Balaban J connectivity index is 2.67. The molecule has 15 heavy (non-hydrogen) atoms. The molecule has 0 heterocycles. The minimum atomic E-state index is -0.545. The van der Waals surface area contributed by atoms with Crippen LogP contribution in [0.3, 0.4) is 0 Å². The van der Waals surface area contributed by atoms with E-state index in [1.54, 1.807) is 13.0 Å². The zero-order valence-corrected chi connectivity index (χ0v) is 8.82. The van der Waals surface area contributed by atoms with Gasteiger partial charge in [0, 0.05) is 6.54 Å². The maximum Gasteiger partial charge on any atom is 0.152 e. The molecule has 1 aromatic carbocycles. The number of hydrogen-bond acceptors (Lipinski definition) is 1. The highest BCUT2D eigenvalue weighted by atomic mass is 19.1. The first-order valence-corrected chi connectivity index (χ1v) is 4.96. The Labute approximate surface area is 88.8 Å². The van der Waals surface area contributed by atoms with Gasteiger partial charge < -0.3 is 5.32 Å². The molecule has 0 fully saturated rings. The molecule has 0 saturated carbocycles. The Morgan fingerprint density at radius 1 is 1.40 bits per heavy atom. The van der Waals surface area contributed by atoms with Crippen LogP contribution in [-0.4, -0.2) is 6.54 Å². The van der Waals surface area contributed by atoms with Crippen molar-refractivity contribution in [2.45, 2.75) is 19.8 Å². The van der Waals surface area contributed by atoms with Gasteiger partial charge in [0.2, 0.25) is 0 Å². The fourth-order valence-corrected chi connectivity index (χ4v) is 1.28. The zero-order valence-electron chi connectivity index (χ0n) is 8.82. The average molecular weight is 211 g/mol. The molecule has 1 N–H and O–H groups in total. The maximum atomic E-state index is 13.4. The van der Waals surface area contributed by atoms with E-state index in [4.69, 9.17) is 0 Å². The fraction of sp³-hybridized carbons (Fsp3) is 0.333. The molecule has 0 amide bonds. The second kappa shape index (κ2) is 5.49. The summed E-state index contributed by atoms with van der Waals surface area (Å²) in [5.74, 6) is -1.05. The Kier molecular flexibility index (Phi) is 4.28. The quantitative estimate of drug-likeness (QED) is 0.579. The van der Waals surface area contributed by atoms with Gasteiger partial charge in [-0.15, -0.1) is 6.58 Å². The van der Waals surface area contributed by atoms with Crippen molar-refractivity contribution in [3.8, 4) is 0 Å². The molecule has 1 aromatic rings. The Morgan fingerprint density at radius 2 is 2.13 bits per heavy atom. The first-order chi connectivity index (χ1) is 7.16. The van der Waals surface area contributed by atoms with E-state index in [9.17, 15) is 8.78 Å². The number of nitrogens with one attached hydrogen (secondary N) is 1. The third kappa shape index (κ3) is 3.05. The van der Waals surface area contributed by atoms with Crippen LogP contribution in [0, 0.1) is 18.6 Å². The molecule has 0 bridgehead atoms. The summed E-state index contributed by atoms with van der Waals surface area (Å²) in [7, 11) is 0. The summed E-state index contributed by atoms with van der Waals surface area (Å²) in [5, 5.41) is 2.76. The summed E-state index contributed by atoms with van der Waals surface area (Å²) in [5.41, 5.74) is 0.418. The van der Waals surface area contributed by atoms with E-state index in [1.165, 1.54) is 12.1 Å². The van der Waals surface area contributed by atoms with E-state index >= 15 is 0 Å². The molecule has 0 aliphatic carbocycles. The predicted octanol–water partition coefficient (Wildman–Crippen LogP) is 3.65. The first-order valence-electron chi connectivity index (χ1n) is 4.96. The number of unbranched alkanes of at least 4 members (excludes halogenated alkanes) is 1. The monoisotopic (exact) mass is 211 g/mol. The van der Waals surface area contributed by atoms with E-state index in [2.05, 4.69) is 11.9 Å². The molecule has 3 heteroatoms. The van der Waals surface area contributed by atoms with Crippen LogP contribution in [0.2, 0.25) is 0 Å². The van der Waals surface area contributed by atoms with Crippen LogP contribution in [-0.2, 0) is 0 Å². The SMILES string of the molecule is C=CCCCNc1c(F)ccc(C)c1F. The highest BCUT2D eigenvalue weighted by Crippen LogP contribution is 2.21. The molecule has 0 aliphatic rings. The molecular weight excluding hydrogens is 196 g/mol. The molecule has 0 radical (unpaired) electrons. The normalized spacial score (nSPS) is 10.1. The summed E-state index contributed by atoms with van der Waals surface area (Å²) < 4.78 is 26.7. The molecule has 0 atom stereocenters. The highest BCUT2D eigenvalue weighted by molar-refractivity contribution is 5.48. The van der Waals surface area contributed by atoms with Crippen molar-refractivity contribution in [2.75, 3.05) is 11.9 Å². The second-order valence-corrected chi connectivity index (χ2v) is 3.41. The van der Waals surface area contributed by atoms with Crippen LogP contribution in [0.1, 0.15) is 18.4 Å². The highest BCUT2D eigenvalue weighted by Gasteiger charge is 2.09. The van der Waals surface area contributed by atoms with Gasteiger partial charge >= 0.3 is 0 Å². The van der Waals surface area contributed by atoms with E-state index in [-0.39, 0.29) is 5.69 Å². The largest absolute Gasteiger partial charge is 0.380 e. The van der Waals surface area contributed by atoms with Crippen LogP contribution in [0.15, 0.2) is 24.8 Å². The van der Waals surface area contributed by atoms with Crippen LogP contribution < -0.4 is 5.32 Å². The van der Waals surface area contributed by atoms with Gasteiger partial charge in [-0.1, -0.05) is 12.1 Å². The van der Waals surface area contributed by atoms with Crippen molar-refractivity contribution in [1.82, 2.24) is 0 Å². The topological polar surface area (TPSA) is 12.0 Å². The van der Waals surface area contributed by atoms with Gasteiger partial charge in [-0.25, -0.2) is 8.78 Å². The zero-order chi connectivity index (χ0) is 11.3. The van der Waals surface area contributed by atoms with Gasteiger partial charge in [0.05, 0.1) is 0 Å². The second-order valence-electron chi connectivity index (χ2n) is 3.41. The molecule has 0 aromatic heterocycles. The molecule has 0 saturated heterocycles. The molecule has 0 aliphatic heterocycles. The number of rotatable bonds is 5. The third-order valence-electron chi connectivity index (χ3n) is 2.17. The molecular formula is C12H15F2N.